The first kappa shape index (κ1) is 13.1. The van der Waals surface area contributed by atoms with Gasteiger partial charge in [-0.2, -0.15) is 0 Å². The molecule has 0 spiro atoms. The molecule has 0 aromatic heterocycles. The first-order valence-corrected chi connectivity index (χ1v) is 6.26. The van der Waals surface area contributed by atoms with E-state index >= 15 is 0 Å². The van der Waals surface area contributed by atoms with Gasteiger partial charge in [-0.3, -0.25) is 4.79 Å². The van der Waals surface area contributed by atoms with Crippen LogP contribution in [0.15, 0.2) is 54.6 Å². The van der Waals surface area contributed by atoms with Crippen molar-refractivity contribution < 1.29 is 9.90 Å². The normalized spacial score (nSPS) is 10.2. The molecule has 0 aliphatic heterocycles. The third-order valence-electron chi connectivity index (χ3n) is 3.08. The van der Waals surface area contributed by atoms with Crippen molar-refractivity contribution in [3.05, 3.63) is 60.2 Å². The van der Waals surface area contributed by atoms with E-state index in [1.807, 2.05) is 30.3 Å². The van der Waals surface area contributed by atoms with Gasteiger partial charge < -0.3 is 10.0 Å². The zero-order chi connectivity index (χ0) is 13.7. The smallest absolute Gasteiger partial charge is 0.227 e. The van der Waals surface area contributed by atoms with Gasteiger partial charge in [0.1, 0.15) is 5.75 Å². The lowest BCUT2D eigenvalue weighted by Crippen LogP contribution is -2.26. The van der Waals surface area contributed by atoms with Gasteiger partial charge in [0, 0.05) is 19.2 Å². The third kappa shape index (κ3) is 3.58. The number of rotatable bonds is 4. The molecule has 0 atom stereocenters. The van der Waals surface area contributed by atoms with Crippen LogP contribution in [-0.4, -0.2) is 18.1 Å². The van der Waals surface area contributed by atoms with E-state index in [0.29, 0.717) is 6.42 Å². The van der Waals surface area contributed by atoms with Gasteiger partial charge in [-0.15, -0.1) is 0 Å². The molecule has 0 aliphatic carbocycles. The van der Waals surface area contributed by atoms with Crippen LogP contribution in [0.5, 0.6) is 5.75 Å². The first-order chi connectivity index (χ1) is 9.16. The van der Waals surface area contributed by atoms with Gasteiger partial charge in [0.25, 0.3) is 0 Å². The van der Waals surface area contributed by atoms with Crippen LogP contribution in [0.3, 0.4) is 0 Å². The number of benzene rings is 2. The molecular weight excluding hydrogens is 238 g/mol. The number of aryl methyl sites for hydroxylation is 1. The van der Waals surface area contributed by atoms with Gasteiger partial charge in [-0.1, -0.05) is 30.3 Å². The molecule has 19 heavy (non-hydrogen) atoms. The quantitative estimate of drug-likeness (QED) is 0.912. The van der Waals surface area contributed by atoms with Gasteiger partial charge in [0.05, 0.1) is 0 Å². The highest BCUT2D eigenvalue weighted by Crippen LogP contribution is 2.18. The Balaban J connectivity index is 1.94. The van der Waals surface area contributed by atoms with Crippen molar-refractivity contribution >= 4 is 11.6 Å². The maximum absolute atomic E-state index is 12.1. The summed E-state index contributed by atoms with van der Waals surface area (Å²) >= 11 is 0. The zero-order valence-corrected chi connectivity index (χ0v) is 10.9. The predicted octanol–water partition coefficient (Wildman–Crippen LogP) is 2.99. The van der Waals surface area contributed by atoms with Crippen molar-refractivity contribution in [2.24, 2.45) is 0 Å². The molecule has 0 bridgehead atoms. The molecule has 2 aromatic rings. The number of phenolic OH excluding ortho intramolecular Hbond substituents is 1. The lowest BCUT2D eigenvalue weighted by molar-refractivity contribution is -0.118. The van der Waals surface area contributed by atoms with Crippen molar-refractivity contribution in [2.45, 2.75) is 12.8 Å². The zero-order valence-electron chi connectivity index (χ0n) is 10.9. The molecule has 0 radical (unpaired) electrons. The van der Waals surface area contributed by atoms with Crippen LogP contribution < -0.4 is 4.90 Å². The molecule has 0 unspecified atom stereocenters. The van der Waals surface area contributed by atoms with E-state index in [2.05, 4.69) is 0 Å². The van der Waals surface area contributed by atoms with Gasteiger partial charge in [0.15, 0.2) is 0 Å². The average Bonchev–Trinajstić information content (AvgIpc) is 2.46. The van der Waals surface area contributed by atoms with E-state index in [4.69, 9.17) is 0 Å². The fourth-order valence-corrected chi connectivity index (χ4v) is 1.88. The van der Waals surface area contributed by atoms with E-state index < -0.39 is 0 Å². The number of phenols is 1. The van der Waals surface area contributed by atoms with Crippen molar-refractivity contribution in [3.8, 4) is 5.75 Å². The Bertz CT molecular complexity index is 534. The minimum Gasteiger partial charge on any atom is -0.508 e. The predicted molar refractivity (Wildman–Crippen MR) is 76.3 cm³/mol. The van der Waals surface area contributed by atoms with Crippen LogP contribution in [0.2, 0.25) is 0 Å². The van der Waals surface area contributed by atoms with Gasteiger partial charge in [0.2, 0.25) is 5.91 Å². The van der Waals surface area contributed by atoms with Crippen LogP contribution >= 0.6 is 0 Å². The highest BCUT2D eigenvalue weighted by molar-refractivity contribution is 5.92. The summed E-state index contributed by atoms with van der Waals surface area (Å²) in [5, 5.41) is 9.23. The highest BCUT2D eigenvalue weighted by atomic mass is 16.3. The van der Waals surface area contributed by atoms with Crippen LogP contribution in [0.4, 0.5) is 5.69 Å². The van der Waals surface area contributed by atoms with Crippen molar-refractivity contribution in [3.63, 3.8) is 0 Å². The lowest BCUT2D eigenvalue weighted by atomic mass is 10.1. The molecule has 0 saturated carbocycles. The van der Waals surface area contributed by atoms with E-state index in [1.165, 1.54) is 0 Å². The number of aromatic hydroxyl groups is 1. The van der Waals surface area contributed by atoms with E-state index in [9.17, 15) is 9.90 Å². The SMILES string of the molecule is CN(C(=O)CCc1ccccc1)c1ccc(O)cc1. The van der Waals surface area contributed by atoms with Crippen LogP contribution in [0.1, 0.15) is 12.0 Å². The molecule has 0 aliphatic rings. The van der Waals surface area contributed by atoms with Crippen LogP contribution in [-0.2, 0) is 11.2 Å². The summed E-state index contributed by atoms with van der Waals surface area (Å²) in [4.78, 5) is 13.7. The molecular formula is C16H17NO2. The molecule has 98 valence electrons. The summed E-state index contributed by atoms with van der Waals surface area (Å²) in [6, 6.07) is 16.6. The standard InChI is InChI=1S/C16H17NO2/c1-17(14-8-10-15(18)11-9-14)16(19)12-7-13-5-3-2-4-6-13/h2-6,8-11,18H,7,12H2,1H3. The van der Waals surface area contributed by atoms with E-state index in [-0.39, 0.29) is 11.7 Å². The van der Waals surface area contributed by atoms with E-state index in [1.54, 1.807) is 36.2 Å². The summed E-state index contributed by atoms with van der Waals surface area (Å²) in [5.41, 5.74) is 1.95. The second kappa shape index (κ2) is 6.05. The number of hydrogen-bond donors (Lipinski definition) is 1. The topological polar surface area (TPSA) is 40.5 Å². The summed E-state index contributed by atoms with van der Waals surface area (Å²) in [6.07, 6.45) is 1.21. The molecule has 0 saturated heterocycles. The number of amides is 1. The number of anilines is 1. The Kier molecular flexibility index (Phi) is 4.18. The van der Waals surface area contributed by atoms with Gasteiger partial charge >= 0.3 is 0 Å². The largest absolute Gasteiger partial charge is 0.508 e. The number of hydrogen-bond acceptors (Lipinski definition) is 2. The Labute approximate surface area is 113 Å². The third-order valence-corrected chi connectivity index (χ3v) is 3.08. The van der Waals surface area contributed by atoms with Crippen molar-refractivity contribution in [1.29, 1.82) is 0 Å². The minimum atomic E-state index is 0.0644. The Morgan fingerprint density at radius 3 is 2.32 bits per heavy atom. The monoisotopic (exact) mass is 255 g/mol. The van der Waals surface area contributed by atoms with Crippen LogP contribution in [0, 0.1) is 0 Å². The highest BCUT2D eigenvalue weighted by Gasteiger charge is 2.10. The summed E-state index contributed by atoms with van der Waals surface area (Å²) in [5.74, 6) is 0.267. The maximum Gasteiger partial charge on any atom is 0.227 e. The van der Waals surface area contributed by atoms with Gasteiger partial charge in [-0.05, 0) is 36.2 Å². The summed E-state index contributed by atoms with van der Waals surface area (Å²) in [7, 11) is 1.75. The molecule has 3 nitrogen and oxygen atoms in total. The van der Waals surface area contributed by atoms with Gasteiger partial charge in [-0.25, -0.2) is 0 Å². The molecule has 0 fully saturated rings. The molecule has 2 aromatic carbocycles. The number of nitrogens with zero attached hydrogens (tertiary/aromatic N) is 1. The van der Waals surface area contributed by atoms with Crippen molar-refractivity contribution in [2.75, 3.05) is 11.9 Å². The van der Waals surface area contributed by atoms with Crippen LogP contribution in [0.25, 0.3) is 0 Å². The fourth-order valence-electron chi connectivity index (χ4n) is 1.88. The van der Waals surface area contributed by atoms with E-state index in [0.717, 1.165) is 17.7 Å². The lowest BCUT2D eigenvalue weighted by Gasteiger charge is -2.17. The number of carbonyl (C=O) groups excluding carboxylic acids is 1. The summed E-state index contributed by atoms with van der Waals surface area (Å²) in [6.45, 7) is 0. The Morgan fingerprint density at radius 2 is 1.68 bits per heavy atom. The minimum absolute atomic E-state index is 0.0644. The second-order valence-corrected chi connectivity index (χ2v) is 4.45. The Morgan fingerprint density at radius 1 is 1.05 bits per heavy atom. The Hall–Kier alpha value is -2.29. The maximum atomic E-state index is 12.1. The molecule has 0 heterocycles. The summed E-state index contributed by atoms with van der Waals surface area (Å²) < 4.78 is 0. The fraction of sp³-hybridized carbons (Fsp3) is 0.188. The molecule has 3 heteroatoms. The molecule has 2 rings (SSSR count). The van der Waals surface area contributed by atoms with Crippen molar-refractivity contribution in [1.82, 2.24) is 0 Å². The first-order valence-electron chi connectivity index (χ1n) is 6.26. The molecule has 1 N–H and O–H groups in total. The second-order valence-electron chi connectivity index (χ2n) is 4.45. The average molecular weight is 255 g/mol. The molecule has 1 amide bonds. The number of carbonyl (C=O) groups is 1.